The second-order valence-corrected chi connectivity index (χ2v) is 7.07. The molecule has 3 aromatic rings. The first-order valence-electron chi connectivity index (χ1n) is 9.38. The van der Waals surface area contributed by atoms with Gasteiger partial charge in [0.25, 0.3) is 5.91 Å². The van der Waals surface area contributed by atoms with E-state index < -0.39 is 0 Å². The Labute approximate surface area is 170 Å². The maximum Gasteiger partial charge on any atom is 0.256 e. The summed E-state index contributed by atoms with van der Waals surface area (Å²) in [7, 11) is 0. The Balaban J connectivity index is 1.79. The van der Waals surface area contributed by atoms with E-state index in [1.54, 1.807) is 48.5 Å². The normalized spacial score (nSPS) is 10.5. The van der Waals surface area contributed by atoms with Crippen LogP contribution in [0.15, 0.2) is 72.8 Å². The Hall–Kier alpha value is -2.91. The first-order valence-corrected chi connectivity index (χ1v) is 9.76. The molecular formula is C24H22ClNO2. The summed E-state index contributed by atoms with van der Waals surface area (Å²) in [6.07, 6.45) is 3.33. The molecule has 3 rings (SSSR count). The van der Waals surface area contributed by atoms with Gasteiger partial charge in [-0.25, -0.2) is 0 Å². The standard InChI is InChI=1S/C24H22ClNO2/c1-2-3-6-17-9-15-20(16-10-17)26-24(28)22-8-5-4-7-21(22)23(27)18-11-13-19(25)14-12-18/h4-5,7-16H,2-3,6H2,1H3,(H,26,28). The average Bonchev–Trinajstić information content (AvgIpc) is 2.73. The third-order valence-corrected chi connectivity index (χ3v) is 4.81. The zero-order chi connectivity index (χ0) is 19.9. The number of rotatable bonds is 7. The molecular weight excluding hydrogens is 370 g/mol. The van der Waals surface area contributed by atoms with Gasteiger partial charge in [0.2, 0.25) is 0 Å². The van der Waals surface area contributed by atoms with Crippen molar-refractivity contribution in [1.29, 1.82) is 0 Å². The van der Waals surface area contributed by atoms with Crippen molar-refractivity contribution in [3.63, 3.8) is 0 Å². The molecule has 0 unspecified atom stereocenters. The molecule has 0 bridgehead atoms. The molecule has 0 saturated carbocycles. The summed E-state index contributed by atoms with van der Waals surface area (Å²) >= 11 is 5.90. The lowest BCUT2D eigenvalue weighted by Gasteiger charge is -2.10. The molecule has 0 atom stereocenters. The van der Waals surface area contributed by atoms with Crippen LogP contribution in [0.3, 0.4) is 0 Å². The minimum absolute atomic E-state index is 0.211. The highest BCUT2D eigenvalue weighted by atomic mass is 35.5. The maximum atomic E-state index is 12.9. The molecule has 0 heterocycles. The van der Waals surface area contributed by atoms with Gasteiger partial charge in [-0.2, -0.15) is 0 Å². The third kappa shape index (κ3) is 4.87. The predicted molar refractivity (Wildman–Crippen MR) is 114 cm³/mol. The predicted octanol–water partition coefficient (Wildman–Crippen LogP) is 6.17. The van der Waals surface area contributed by atoms with E-state index in [9.17, 15) is 9.59 Å². The largest absolute Gasteiger partial charge is 0.322 e. The molecule has 1 amide bonds. The monoisotopic (exact) mass is 391 g/mol. The smallest absolute Gasteiger partial charge is 0.256 e. The van der Waals surface area contributed by atoms with E-state index in [4.69, 9.17) is 11.6 Å². The van der Waals surface area contributed by atoms with Gasteiger partial charge in [-0.15, -0.1) is 0 Å². The van der Waals surface area contributed by atoms with Gasteiger partial charge in [-0.1, -0.05) is 55.3 Å². The minimum Gasteiger partial charge on any atom is -0.322 e. The molecule has 0 aliphatic heterocycles. The molecule has 0 spiro atoms. The van der Waals surface area contributed by atoms with E-state index in [-0.39, 0.29) is 11.7 Å². The number of halogens is 1. The highest BCUT2D eigenvalue weighted by Crippen LogP contribution is 2.19. The summed E-state index contributed by atoms with van der Waals surface area (Å²) in [6.45, 7) is 2.16. The van der Waals surface area contributed by atoms with Crippen LogP contribution in [-0.4, -0.2) is 11.7 Å². The van der Waals surface area contributed by atoms with Gasteiger partial charge in [0.05, 0.1) is 5.56 Å². The molecule has 0 aromatic heterocycles. The number of ketones is 1. The number of benzene rings is 3. The van der Waals surface area contributed by atoms with E-state index in [0.717, 1.165) is 19.3 Å². The van der Waals surface area contributed by atoms with Crippen molar-refractivity contribution in [2.24, 2.45) is 0 Å². The van der Waals surface area contributed by atoms with Crippen molar-refractivity contribution in [3.05, 3.63) is 100 Å². The van der Waals surface area contributed by atoms with Crippen LogP contribution in [0.4, 0.5) is 5.69 Å². The van der Waals surface area contributed by atoms with Crippen LogP contribution in [0.1, 0.15) is 51.6 Å². The number of nitrogens with one attached hydrogen (secondary N) is 1. The van der Waals surface area contributed by atoms with Crippen molar-refractivity contribution < 1.29 is 9.59 Å². The fraction of sp³-hybridized carbons (Fsp3) is 0.167. The van der Waals surface area contributed by atoms with Gasteiger partial charge in [-0.3, -0.25) is 9.59 Å². The molecule has 3 aromatic carbocycles. The van der Waals surface area contributed by atoms with Crippen molar-refractivity contribution in [1.82, 2.24) is 0 Å². The summed E-state index contributed by atoms with van der Waals surface area (Å²) in [5.41, 5.74) is 3.15. The number of anilines is 1. The van der Waals surface area contributed by atoms with Crippen molar-refractivity contribution in [3.8, 4) is 0 Å². The number of carbonyl (C=O) groups excluding carboxylic acids is 2. The molecule has 0 aliphatic carbocycles. The molecule has 3 nitrogen and oxygen atoms in total. The molecule has 0 radical (unpaired) electrons. The van der Waals surface area contributed by atoms with Gasteiger partial charge in [0.1, 0.15) is 0 Å². The van der Waals surface area contributed by atoms with Crippen LogP contribution in [0.25, 0.3) is 0 Å². The summed E-state index contributed by atoms with van der Waals surface area (Å²) in [4.78, 5) is 25.7. The fourth-order valence-corrected chi connectivity index (χ4v) is 3.10. The second kappa shape index (κ2) is 9.34. The molecule has 28 heavy (non-hydrogen) atoms. The summed E-state index contributed by atoms with van der Waals surface area (Å²) < 4.78 is 0. The molecule has 0 saturated heterocycles. The van der Waals surface area contributed by atoms with Gasteiger partial charge < -0.3 is 5.32 Å². The first-order chi connectivity index (χ1) is 13.6. The van der Waals surface area contributed by atoms with E-state index in [0.29, 0.717) is 27.4 Å². The van der Waals surface area contributed by atoms with Crippen LogP contribution >= 0.6 is 11.6 Å². The summed E-state index contributed by atoms with van der Waals surface area (Å²) in [5, 5.41) is 3.45. The number of hydrogen-bond acceptors (Lipinski definition) is 2. The average molecular weight is 392 g/mol. The highest BCUT2D eigenvalue weighted by Gasteiger charge is 2.18. The Morgan fingerprint density at radius 1 is 0.857 bits per heavy atom. The van der Waals surface area contributed by atoms with Gasteiger partial charge in [0.15, 0.2) is 5.78 Å². The summed E-state index contributed by atoms with van der Waals surface area (Å²) in [6, 6.07) is 21.3. The quantitative estimate of drug-likeness (QED) is 0.490. The number of unbranched alkanes of at least 4 members (excludes halogenated alkanes) is 1. The van der Waals surface area contributed by atoms with Crippen molar-refractivity contribution in [2.45, 2.75) is 26.2 Å². The zero-order valence-electron chi connectivity index (χ0n) is 15.7. The van der Waals surface area contributed by atoms with E-state index in [1.807, 2.05) is 24.3 Å². The van der Waals surface area contributed by atoms with Crippen LogP contribution in [0, 0.1) is 0 Å². The topological polar surface area (TPSA) is 46.2 Å². The van der Waals surface area contributed by atoms with Crippen LogP contribution in [-0.2, 0) is 6.42 Å². The highest BCUT2D eigenvalue weighted by molar-refractivity contribution is 6.30. The maximum absolute atomic E-state index is 12.9. The third-order valence-electron chi connectivity index (χ3n) is 4.55. The van der Waals surface area contributed by atoms with Gasteiger partial charge in [-0.05, 0) is 60.9 Å². The lowest BCUT2D eigenvalue weighted by Crippen LogP contribution is -2.17. The van der Waals surface area contributed by atoms with Gasteiger partial charge in [0, 0.05) is 21.8 Å². The first kappa shape index (κ1) is 19.8. The number of aryl methyl sites for hydroxylation is 1. The Kier molecular flexibility index (Phi) is 6.62. The molecule has 4 heteroatoms. The Morgan fingerprint density at radius 2 is 1.50 bits per heavy atom. The van der Waals surface area contributed by atoms with Crippen LogP contribution in [0.2, 0.25) is 5.02 Å². The van der Waals surface area contributed by atoms with Crippen molar-refractivity contribution in [2.75, 3.05) is 5.32 Å². The molecule has 1 N–H and O–H groups in total. The minimum atomic E-state index is -0.306. The molecule has 0 fully saturated rings. The lowest BCUT2D eigenvalue weighted by molar-refractivity contribution is 0.0996. The molecule has 0 aliphatic rings. The SMILES string of the molecule is CCCCc1ccc(NC(=O)c2ccccc2C(=O)c2ccc(Cl)cc2)cc1. The molecule has 142 valence electrons. The Morgan fingerprint density at radius 3 is 2.14 bits per heavy atom. The van der Waals surface area contributed by atoms with Crippen LogP contribution < -0.4 is 5.32 Å². The second-order valence-electron chi connectivity index (χ2n) is 6.64. The van der Waals surface area contributed by atoms with Gasteiger partial charge >= 0.3 is 0 Å². The lowest BCUT2D eigenvalue weighted by atomic mass is 9.98. The number of amides is 1. The Bertz CT molecular complexity index is 963. The van der Waals surface area contributed by atoms with E-state index in [1.165, 1.54) is 5.56 Å². The van der Waals surface area contributed by atoms with Crippen LogP contribution in [0.5, 0.6) is 0 Å². The number of hydrogen-bond donors (Lipinski definition) is 1. The zero-order valence-corrected chi connectivity index (χ0v) is 16.5. The number of carbonyl (C=O) groups is 2. The van der Waals surface area contributed by atoms with E-state index >= 15 is 0 Å². The van der Waals surface area contributed by atoms with E-state index in [2.05, 4.69) is 12.2 Å². The summed E-state index contributed by atoms with van der Waals surface area (Å²) in [5.74, 6) is -0.517. The van der Waals surface area contributed by atoms with Crippen molar-refractivity contribution >= 4 is 29.0 Å². The fourth-order valence-electron chi connectivity index (χ4n) is 2.97.